The Morgan fingerprint density at radius 3 is 3.00 bits per heavy atom. The molecule has 1 aromatic heterocycles. The summed E-state index contributed by atoms with van der Waals surface area (Å²) in [6.45, 7) is 2.10. The van der Waals surface area contributed by atoms with E-state index >= 15 is 0 Å². The van der Waals surface area contributed by atoms with Crippen LogP contribution in [0.1, 0.15) is 16.1 Å². The molecule has 1 aromatic carbocycles. The Morgan fingerprint density at radius 2 is 2.29 bits per heavy atom. The van der Waals surface area contributed by atoms with Gasteiger partial charge in [-0.15, -0.1) is 11.3 Å². The Morgan fingerprint density at radius 1 is 1.43 bits per heavy atom. The zero-order valence-corrected chi connectivity index (χ0v) is 8.84. The van der Waals surface area contributed by atoms with Crippen molar-refractivity contribution in [1.29, 1.82) is 0 Å². The molecule has 0 unspecified atom stereocenters. The van der Waals surface area contributed by atoms with Gasteiger partial charge in [0.1, 0.15) is 0 Å². The molecule has 0 aliphatic heterocycles. The lowest BCUT2D eigenvalue weighted by Gasteiger charge is -2.04. The zero-order valence-electron chi connectivity index (χ0n) is 8.03. The van der Waals surface area contributed by atoms with E-state index in [1.54, 1.807) is 11.3 Å². The molecular weight excluding hydrogens is 192 g/mol. The lowest BCUT2D eigenvalue weighted by Crippen LogP contribution is -1.93. The highest BCUT2D eigenvalue weighted by Crippen LogP contribution is 2.17. The van der Waals surface area contributed by atoms with Crippen LogP contribution in [0.5, 0.6) is 0 Å². The van der Waals surface area contributed by atoms with Crippen LogP contribution < -0.4 is 5.73 Å². The number of aryl methyl sites for hydroxylation is 1. The highest BCUT2D eigenvalue weighted by atomic mass is 32.1. The van der Waals surface area contributed by atoms with E-state index in [1.807, 2.05) is 23.7 Å². The third kappa shape index (κ3) is 1.93. The highest BCUT2D eigenvalue weighted by molar-refractivity contribution is 7.09. The summed E-state index contributed by atoms with van der Waals surface area (Å²) < 4.78 is 0. The average molecular weight is 204 g/mol. The average Bonchev–Trinajstić information content (AvgIpc) is 2.64. The van der Waals surface area contributed by atoms with Gasteiger partial charge >= 0.3 is 0 Å². The van der Waals surface area contributed by atoms with Crippen LogP contribution in [0.4, 0.5) is 5.69 Å². The van der Waals surface area contributed by atoms with E-state index in [-0.39, 0.29) is 0 Å². The fraction of sp³-hybridized carbons (Fsp3) is 0.182. The van der Waals surface area contributed by atoms with Crippen LogP contribution in [-0.2, 0) is 6.42 Å². The first-order valence-electron chi connectivity index (χ1n) is 4.49. The Labute approximate surface area is 87.4 Å². The Balaban J connectivity index is 2.28. The molecule has 2 rings (SSSR count). The van der Waals surface area contributed by atoms with Crippen LogP contribution in [0.2, 0.25) is 0 Å². The first-order chi connectivity index (χ1) is 6.75. The van der Waals surface area contributed by atoms with Gasteiger partial charge in [-0.2, -0.15) is 0 Å². The molecular formula is C11H12N2S. The van der Waals surface area contributed by atoms with E-state index in [9.17, 15) is 0 Å². The molecule has 2 nitrogen and oxygen atoms in total. The largest absolute Gasteiger partial charge is 0.399 e. The van der Waals surface area contributed by atoms with E-state index in [1.165, 1.54) is 11.1 Å². The van der Waals surface area contributed by atoms with Crippen LogP contribution in [0.15, 0.2) is 29.8 Å². The second kappa shape index (κ2) is 3.80. The zero-order chi connectivity index (χ0) is 9.97. The number of benzene rings is 1. The normalized spacial score (nSPS) is 10.4. The molecule has 2 aromatic rings. The number of nitrogens with two attached hydrogens (primary N) is 1. The summed E-state index contributed by atoms with van der Waals surface area (Å²) in [5.41, 5.74) is 9.10. The quantitative estimate of drug-likeness (QED) is 0.764. The third-order valence-electron chi connectivity index (χ3n) is 2.20. The predicted octanol–water partition coefficient (Wildman–Crippen LogP) is 2.62. The van der Waals surface area contributed by atoms with Gasteiger partial charge in [0.25, 0.3) is 0 Å². The summed E-state index contributed by atoms with van der Waals surface area (Å²) in [7, 11) is 0. The van der Waals surface area contributed by atoms with Crippen LogP contribution >= 0.6 is 11.3 Å². The van der Waals surface area contributed by atoms with Gasteiger partial charge in [-0.3, -0.25) is 0 Å². The topological polar surface area (TPSA) is 38.9 Å². The summed E-state index contributed by atoms with van der Waals surface area (Å²) in [6.07, 6.45) is 2.72. The number of aromatic nitrogens is 1. The Kier molecular flexibility index (Phi) is 2.50. The summed E-state index contributed by atoms with van der Waals surface area (Å²) in [5.74, 6) is 0. The molecule has 0 fully saturated rings. The van der Waals surface area contributed by atoms with Gasteiger partial charge in [0, 0.05) is 23.7 Å². The highest BCUT2D eigenvalue weighted by Gasteiger charge is 2.02. The molecule has 0 spiro atoms. The summed E-state index contributed by atoms with van der Waals surface area (Å²) in [6, 6.07) is 6.01. The molecule has 0 radical (unpaired) electrons. The van der Waals surface area contributed by atoms with Crippen LogP contribution in [-0.4, -0.2) is 4.98 Å². The van der Waals surface area contributed by atoms with E-state index in [0.29, 0.717) is 0 Å². The molecule has 2 N–H and O–H groups in total. The Bertz CT molecular complexity index is 421. The van der Waals surface area contributed by atoms with Crippen molar-refractivity contribution in [3.63, 3.8) is 0 Å². The lowest BCUT2D eigenvalue weighted by atomic mass is 10.1. The fourth-order valence-electron chi connectivity index (χ4n) is 1.39. The molecule has 0 aliphatic carbocycles. The predicted molar refractivity (Wildman–Crippen MR) is 60.5 cm³/mol. The maximum Gasteiger partial charge on any atom is 0.0968 e. The number of nitrogen functional groups attached to an aromatic ring is 1. The van der Waals surface area contributed by atoms with Gasteiger partial charge in [0.2, 0.25) is 0 Å². The van der Waals surface area contributed by atoms with Crippen LogP contribution in [0, 0.1) is 6.92 Å². The first-order valence-corrected chi connectivity index (χ1v) is 5.37. The molecule has 14 heavy (non-hydrogen) atoms. The SMILES string of the molecule is Cc1ccc(N)cc1Cc1nccs1. The lowest BCUT2D eigenvalue weighted by molar-refractivity contribution is 1.12. The Hall–Kier alpha value is -1.35. The summed E-state index contributed by atoms with van der Waals surface area (Å²) >= 11 is 1.68. The van der Waals surface area contributed by atoms with Gasteiger partial charge < -0.3 is 5.73 Å². The number of nitrogens with zero attached hydrogens (tertiary/aromatic N) is 1. The third-order valence-corrected chi connectivity index (χ3v) is 2.98. The summed E-state index contributed by atoms with van der Waals surface area (Å²) in [4.78, 5) is 4.26. The van der Waals surface area contributed by atoms with Crippen LogP contribution in [0.25, 0.3) is 0 Å². The van der Waals surface area contributed by atoms with Crippen LogP contribution in [0.3, 0.4) is 0 Å². The van der Waals surface area contributed by atoms with E-state index in [2.05, 4.69) is 18.0 Å². The van der Waals surface area contributed by atoms with Gasteiger partial charge in [0.05, 0.1) is 5.01 Å². The van der Waals surface area contributed by atoms with Crippen molar-refractivity contribution in [2.24, 2.45) is 0 Å². The maximum atomic E-state index is 5.74. The standard InChI is InChI=1S/C11H12N2S/c1-8-2-3-10(12)6-9(8)7-11-13-4-5-14-11/h2-6H,7,12H2,1H3. The number of thiazole rings is 1. The number of rotatable bonds is 2. The monoisotopic (exact) mass is 204 g/mol. The molecule has 72 valence electrons. The van der Waals surface area contributed by atoms with Gasteiger partial charge in [-0.1, -0.05) is 6.07 Å². The molecule has 0 saturated carbocycles. The number of anilines is 1. The second-order valence-corrected chi connectivity index (χ2v) is 4.27. The fourth-order valence-corrected chi connectivity index (χ4v) is 2.02. The van der Waals surface area contributed by atoms with E-state index < -0.39 is 0 Å². The van der Waals surface area contributed by atoms with Crippen molar-refractivity contribution in [2.75, 3.05) is 5.73 Å². The molecule has 3 heteroatoms. The van der Waals surface area contributed by atoms with Crippen molar-refractivity contribution in [2.45, 2.75) is 13.3 Å². The minimum atomic E-state index is 0.821. The first kappa shape index (κ1) is 9.21. The summed E-state index contributed by atoms with van der Waals surface area (Å²) in [5, 5.41) is 3.13. The van der Waals surface area contributed by atoms with E-state index in [0.717, 1.165) is 17.1 Å². The molecule has 0 amide bonds. The number of hydrogen-bond donors (Lipinski definition) is 1. The smallest absolute Gasteiger partial charge is 0.0968 e. The molecule has 0 atom stereocenters. The minimum Gasteiger partial charge on any atom is -0.399 e. The van der Waals surface area contributed by atoms with Gasteiger partial charge in [-0.05, 0) is 30.2 Å². The van der Waals surface area contributed by atoms with Crippen molar-refractivity contribution < 1.29 is 0 Å². The maximum absolute atomic E-state index is 5.74. The molecule has 1 heterocycles. The van der Waals surface area contributed by atoms with Gasteiger partial charge in [0.15, 0.2) is 0 Å². The molecule has 0 aliphatic rings. The van der Waals surface area contributed by atoms with Crippen molar-refractivity contribution >= 4 is 17.0 Å². The molecule has 0 saturated heterocycles. The van der Waals surface area contributed by atoms with Gasteiger partial charge in [-0.25, -0.2) is 4.98 Å². The second-order valence-electron chi connectivity index (χ2n) is 3.29. The van der Waals surface area contributed by atoms with Crippen molar-refractivity contribution in [1.82, 2.24) is 4.98 Å². The number of hydrogen-bond acceptors (Lipinski definition) is 3. The van der Waals surface area contributed by atoms with Crippen molar-refractivity contribution in [3.8, 4) is 0 Å². The minimum absolute atomic E-state index is 0.821. The molecule has 0 bridgehead atoms. The van der Waals surface area contributed by atoms with Crippen molar-refractivity contribution in [3.05, 3.63) is 45.9 Å². The van der Waals surface area contributed by atoms with E-state index in [4.69, 9.17) is 5.73 Å².